The summed E-state index contributed by atoms with van der Waals surface area (Å²) in [5, 5.41) is 2.92. The molecule has 0 saturated heterocycles. The predicted molar refractivity (Wildman–Crippen MR) is 60.9 cm³/mol. The molecule has 4 nitrogen and oxygen atoms in total. The minimum Gasteiger partial charge on any atom is -0.480 e. The maximum absolute atomic E-state index is 11.9. The fourth-order valence-corrected chi connectivity index (χ4v) is 1.81. The van der Waals surface area contributed by atoms with Crippen LogP contribution in [0.5, 0.6) is 5.88 Å². The van der Waals surface area contributed by atoms with Gasteiger partial charge in [0.1, 0.15) is 5.56 Å². The van der Waals surface area contributed by atoms with Gasteiger partial charge >= 0.3 is 0 Å². The highest BCUT2D eigenvalue weighted by atomic mass is 35.5. The first kappa shape index (κ1) is 11.2. The number of carbonyl (C=O) groups excluding carboxylic acids is 1. The molecule has 0 spiro atoms. The van der Waals surface area contributed by atoms with Crippen LogP contribution in [0.15, 0.2) is 18.3 Å². The zero-order chi connectivity index (χ0) is 11.6. The van der Waals surface area contributed by atoms with Crippen LogP contribution in [0.4, 0.5) is 0 Å². The van der Waals surface area contributed by atoms with Crippen LogP contribution in [0.25, 0.3) is 0 Å². The lowest BCUT2D eigenvalue weighted by Gasteiger charge is -2.14. The van der Waals surface area contributed by atoms with Crippen molar-refractivity contribution >= 4 is 17.5 Å². The summed E-state index contributed by atoms with van der Waals surface area (Å²) in [4.78, 5) is 15.9. The summed E-state index contributed by atoms with van der Waals surface area (Å²) in [6.45, 7) is 0. The molecule has 1 amide bonds. The van der Waals surface area contributed by atoms with Crippen LogP contribution >= 0.6 is 11.6 Å². The Morgan fingerprint density at radius 3 is 3.00 bits per heavy atom. The van der Waals surface area contributed by atoms with E-state index >= 15 is 0 Å². The monoisotopic (exact) mass is 240 g/mol. The molecule has 1 fully saturated rings. The number of rotatable bonds is 4. The van der Waals surface area contributed by atoms with Gasteiger partial charge in [-0.2, -0.15) is 0 Å². The third-order valence-electron chi connectivity index (χ3n) is 2.70. The third kappa shape index (κ3) is 2.11. The number of nitrogens with one attached hydrogen (secondary N) is 1. The van der Waals surface area contributed by atoms with Gasteiger partial charge in [0.05, 0.1) is 12.6 Å². The second-order valence-electron chi connectivity index (χ2n) is 3.93. The van der Waals surface area contributed by atoms with Gasteiger partial charge in [-0.05, 0) is 25.0 Å². The standard InChI is InChI=1S/C11H13ClN2O2/c1-16-10-8(3-2-6-13-10)9(15)14-11(7-12)4-5-11/h2-3,6H,4-5,7H2,1H3,(H,14,15). The quantitative estimate of drug-likeness (QED) is 0.814. The number of amides is 1. The third-order valence-corrected chi connectivity index (χ3v) is 3.21. The number of aromatic nitrogens is 1. The lowest BCUT2D eigenvalue weighted by atomic mass is 10.2. The van der Waals surface area contributed by atoms with Crippen molar-refractivity contribution in [2.45, 2.75) is 18.4 Å². The van der Waals surface area contributed by atoms with Gasteiger partial charge in [0.2, 0.25) is 5.88 Å². The summed E-state index contributed by atoms with van der Waals surface area (Å²) in [6.07, 6.45) is 3.46. The molecule has 1 aliphatic rings. The van der Waals surface area contributed by atoms with E-state index in [-0.39, 0.29) is 11.4 Å². The SMILES string of the molecule is COc1ncccc1C(=O)NC1(CCl)CC1. The smallest absolute Gasteiger partial charge is 0.257 e. The molecule has 0 unspecified atom stereocenters. The van der Waals surface area contributed by atoms with Crippen LogP contribution in [0.1, 0.15) is 23.2 Å². The van der Waals surface area contributed by atoms with Crippen molar-refractivity contribution < 1.29 is 9.53 Å². The maximum atomic E-state index is 11.9. The van der Waals surface area contributed by atoms with Crippen molar-refractivity contribution in [3.05, 3.63) is 23.9 Å². The van der Waals surface area contributed by atoms with Crippen LogP contribution in [-0.2, 0) is 0 Å². The molecule has 86 valence electrons. The van der Waals surface area contributed by atoms with E-state index in [1.807, 2.05) is 0 Å². The zero-order valence-electron chi connectivity index (χ0n) is 9.00. The molecule has 1 aliphatic carbocycles. The van der Waals surface area contributed by atoms with Crippen molar-refractivity contribution in [1.82, 2.24) is 10.3 Å². The number of nitrogens with zero attached hydrogens (tertiary/aromatic N) is 1. The topological polar surface area (TPSA) is 51.2 Å². The lowest BCUT2D eigenvalue weighted by molar-refractivity contribution is 0.0932. The Labute approximate surface area is 99.0 Å². The molecule has 0 radical (unpaired) electrons. The number of halogens is 1. The predicted octanol–water partition coefficient (Wildman–Crippen LogP) is 1.59. The molecule has 2 rings (SSSR count). The maximum Gasteiger partial charge on any atom is 0.257 e. The fourth-order valence-electron chi connectivity index (χ4n) is 1.48. The fraction of sp³-hybridized carbons (Fsp3) is 0.455. The van der Waals surface area contributed by atoms with Gasteiger partial charge < -0.3 is 10.1 Å². The first-order chi connectivity index (χ1) is 7.71. The minimum absolute atomic E-state index is 0.178. The molecule has 16 heavy (non-hydrogen) atoms. The van der Waals surface area contributed by atoms with Crippen molar-refractivity contribution in [2.24, 2.45) is 0 Å². The van der Waals surface area contributed by atoms with Crippen LogP contribution in [0, 0.1) is 0 Å². The average Bonchev–Trinajstić information content (AvgIpc) is 3.09. The van der Waals surface area contributed by atoms with E-state index in [0.717, 1.165) is 12.8 Å². The molecule has 0 aromatic carbocycles. The Kier molecular flexibility index (Phi) is 3.01. The molecule has 1 N–H and O–H groups in total. The van der Waals surface area contributed by atoms with Gasteiger partial charge in [-0.15, -0.1) is 11.6 Å². The van der Waals surface area contributed by atoms with E-state index in [1.54, 1.807) is 18.3 Å². The van der Waals surface area contributed by atoms with Crippen molar-refractivity contribution in [1.29, 1.82) is 0 Å². The summed E-state index contributed by atoms with van der Waals surface area (Å²) in [5.41, 5.74) is 0.237. The average molecular weight is 241 g/mol. The molecule has 1 aromatic heterocycles. The summed E-state index contributed by atoms with van der Waals surface area (Å²) in [7, 11) is 1.49. The molecule has 1 aromatic rings. The van der Waals surface area contributed by atoms with Gasteiger partial charge in [0.25, 0.3) is 5.91 Å². The molecule has 5 heteroatoms. The minimum atomic E-state index is -0.209. The summed E-state index contributed by atoms with van der Waals surface area (Å²) in [5.74, 6) is 0.606. The zero-order valence-corrected chi connectivity index (χ0v) is 9.75. The number of hydrogen-bond acceptors (Lipinski definition) is 3. The number of methoxy groups -OCH3 is 1. The Hall–Kier alpha value is -1.29. The highest BCUT2D eigenvalue weighted by Gasteiger charge is 2.43. The molecular weight excluding hydrogens is 228 g/mol. The number of hydrogen-bond donors (Lipinski definition) is 1. The van der Waals surface area contributed by atoms with E-state index in [2.05, 4.69) is 10.3 Å². The molecular formula is C11H13ClN2O2. The number of alkyl halides is 1. The first-order valence-corrected chi connectivity index (χ1v) is 5.62. The Bertz CT molecular complexity index is 405. The second kappa shape index (κ2) is 4.29. The molecule has 1 heterocycles. The number of carbonyl (C=O) groups is 1. The van der Waals surface area contributed by atoms with Crippen LogP contribution in [-0.4, -0.2) is 29.4 Å². The Balaban J connectivity index is 2.14. The van der Waals surface area contributed by atoms with E-state index in [1.165, 1.54) is 7.11 Å². The highest BCUT2D eigenvalue weighted by molar-refractivity contribution is 6.19. The Morgan fingerprint density at radius 2 is 2.44 bits per heavy atom. The van der Waals surface area contributed by atoms with Crippen molar-refractivity contribution in [3.63, 3.8) is 0 Å². The van der Waals surface area contributed by atoms with Gasteiger partial charge in [-0.3, -0.25) is 4.79 Å². The number of ether oxygens (including phenoxy) is 1. The van der Waals surface area contributed by atoms with E-state index in [9.17, 15) is 4.79 Å². The summed E-state index contributed by atoms with van der Waals surface area (Å²) in [6, 6.07) is 3.39. The largest absolute Gasteiger partial charge is 0.480 e. The first-order valence-electron chi connectivity index (χ1n) is 5.08. The van der Waals surface area contributed by atoms with Crippen molar-refractivity contribution in [3.8, 4) is 5.88 Å². The van der Waals surface area contributed by atoms with Crippen LogP contribution < -0.4 is 10.1 Å². The van der Waals surface area contributed by atoms with Gasteiger partial charge in [-0.25, -0.2) is 4.98 Å². The molecule has 0 bridgehead atoms. The molecule has 0 atom stereocenters. The molecule has 0 aliphatic heterocycles. The van der Waals surface area contributed by atoms with E-state index in [4.69, 9.17) is 16.3 Å². The molecule has 1 saturated carbocycles. The van der Waals surface area contributed by atoms with E-state index in [0.29, 0.717) is 17.3 Å². The Morgan fingerprint density at radius 1 is 1.69 bits per heavy atom. The normalized spacial score (nSPS) is 16.6. The van der Waals surface area contributed by atoms with E-state index < -0.39 is 0 Å². The van der Waals surface area contributed by atoms with Crippen molar-refractivity contribution in [2.75, 3.05) is 13.0 Å². The highest BCUT2D eigenvalue weighted by Crippen LogP contribution is 2.36. The lowest BCUT2D eigenvalue weighted by Crippen LogP contribution is -2.38. The second-order valence-corrected chi connectivity index (χ2v) is 4.20. The van der Waals surface area contributed by atoms with Gasteiger partial charge in [-0.1, -0.05) is 0 Å². The van der Waals surface area contributed by atoms with Gasteiger partial charge in [0, 0.05) is 12.1 Å². The summed E-state index contributed by atoms with van der Waals surface area (Å²) < 4.78 is 5.03. The van der Waals surface area contributed by atoms with Crippen LogP contribution in [0.3, 0.4) is 0 Å². The number of pyridine rings is 1. The summed E-state index contributed by atoms with van der Waals surface area (Å²) >= 11 is 5.80. The van der Waals surface area contributed by atoms with Gasteiger partial charge in [0.15, 0.2) is 0 Å². The van der Waals surface area contributed by atoms with Crippen LogP contribution in [0.2, 0.25) is 0 Å².